The number of carboxylic acid groups (broad SMARTS) is 1. The summed E-state index contributed by atoms with van der Waals surface area (Å²) in [6.45, 7) is 4.27. The molecule has 0 saturated heterocycles. The Morgan fingerprint density at radius 1 is 0.746 bits per heavy atom. The molecule has 1 aliphatic carbocycles. The average Bonchev–Trinajstić information content (AvgIpc) is 4.09. The van der Waals surface area contributed by atoms with Gasteiger partial charge < -0.3 is 30.7 Å². The first-order chi connectivity index (χ1) is 27.7. The van der Waals surface area contributed by atoms with Gasteiger partial charge in [0.15, 0.2) is 0 Å². The number of aromatic nitrogens is 9. The van der Waals surface area contributed by atoms with Crippen molar-refractivity contribution in [3.63, 3.8) is 0 Å². The van der Waals surface area contributed by atoms with Gasteiger partial charge in [0.2, 0.25) is 0 Å². The minimum atomic E-state index is -0.994. The molecular formula is C39H49BrN11NaO7. The number of rotatable bonds is 9. The Morgan fingerprint density at radius 2 is 1.22 bits per heavy atom. The van der Waals surface area contributed by atoms with Gasteiger partial charge in [-0.25, -0.2) is 23.7 Å². The summed E-state index contributed by atoms with van der Waals surface area (Å²) in [7, 11) is 4.11. The summed E-state index contributed by atoms with van der Waals surface area (Å²) in [5.41, 5.74) is 2.41. The van der Waals surface area contributed by atoms with Crippen LogP contribution in [0, 0.1) is 0 Å². The number of H-pyrrole nitrogens is 1. The minimum Gasteiger partial charge on any atom is -0.870 e. The van der Waals surface area contributed by atoms with Crippen LogP contribution in [0.15, 0.2) is 115 Å². The van der Waals surface area contributed by atoms with Crippen LogP contribution in [0.4, 0.5) is 0 Å². The Hall–Kier alpha value is -5.15. The van der Waals surface area contributed by atoms with E-state index in [1.165, 1.54) is 50.3 Å². The van der Waals surface area contributed by atoms with E-state index in [0.717, 1.165) is 10.2 Å². The molecule has 1 aliphatic rings. The van der Waals surface area contributed by atoms with Crippen molar-refractivity contribution >= 4 is 33.8 Å². The molecule has 2 atom stereocenters. The number of carbonyl (C=O) groups is 3. The molecule has 5 N–H and O–H groups in total. The van der Waals surface area contributed by atoms with E-state index in [1.54, 1.807) is 103 Å². The van der Waals surface area contributed by atoms with Gasteiger partial charge in [0.25, 0.3) is 0 Å². The third-order valence-corrected chi connectivity index (χ3v) is 8.31. The molecule has 0 amide bonds. The van der Waals surface area contributed by atoms with E-state index in [9.17, 15) is 14.4 Å². The minimum absolute atomic E-state index is 0. The number of nitrogens with zero attached hydrogens (tertiary/aromatic N) is 8. The zero-order valence-corrected chi connectivity index (χ0v) is 37.3. The first-order valence-electron chi connectivity index (χ1n) is 18.1. The smallest absolute Gasteiger partial charge is 0.870 e. The summed E-state index contributed by atoms with van der Waals surface area (Å²) in [4.78, 5) is 44.9. The predicted octanol–water partition coefficient (Wildman–Crippen LogP) is 2.40. The van der Waals surface area contributed by atoms with Crippen LogP contribution in [0.5, 0.6) is 0 Å². The van der Waals surface area contributed by atoms with Crippen LogP contribution >= 0.6 is 15.9 Å². The standard InChI is InChI=1S/C11H11N3O2.C9H7N3O2.C8H8BrNO2.C8H18N2.C3H4N2.Na.H2O/c1-2-16-11(15)9-6-10(8-12-7-9)14-5-3-4-13-14;13-9(14)7-4-8(6-10-5-7)12-3-1-2-11-12;1-2-12-8(11)6-3-7(9)5-10-4-6;1-9-7-5-3-4-6-8(7)10-2;1-2-4-5-3-1;;/h3-8H,2H2,1H3;1-6H,(H,13,14);3-5H,2H2,1H3;7-10H,3-6H2,1-2H3;1-3H,(H,4,5);;1H2/q;;;;;+1;/p-1/t;;;7-,8-;;;/m...1.../s1. The number of ether oxygens (including phenoxy) is 2. The normalized spacial score (nSPS) is 13.5. The van der Waals surface area contributed by atoms with Gasteiger partial charge in [0.05, 0.1) is 53.7 Å². The van der Waals surface area contributed by atoms with Gasteiger partial charge in [0, 0.05) is 78.5 Å². The van der Waals surface area contributed by atoms with E-state index < -0.39 is 5.97 Å². The summed E-state index contributed by atoms with van der Waals surface area (Å²) in [5.74, 6) is -1.71. The van der Waals surface area contributed by atoms with E-state index in [0.29, 0.717) is 42.1 Å². The van der Waals surface area contributed by atoms with E-state index in [1.807, 2.05) is 6.07 Å². The second kappa shape index (κ2) is 30.0. The third kappa shape index (κ3) is 19.0. The maximum Gasteiger partial charge on any atom is 1.00 e. The van der Waals surface area contributed by atoms with Crippen molar-refractivity contribution < 1.29 is 64.0 Å². The maximum absolute atomic E-state index is 11.5. The number of hydrogen-bond donors (Lipinski definition) is 4. The molecule has 1 fully saturated rings. The summed E-state index contributed by atoms with van der Waals surface area (Å²) < 4.78 is 13.6. The van der Waals surface area contributed by atoms with Gasteiger partial charge in [0.1, 0.15) is 0 Å². The van der Waals surface area contributed by atoms with Crippen molar-refractivity contribution in [3.05, 3.63) is 132 Å². The summed E-state index contributed by atoms with van der Waals surface area (Å²) >= 11 is 3.21. The zero-order valence-electron chi connectivity index (χ0n) is 33.7. The predicted molar refractivity (Wildman–Crippen MR) is 218 cm³/mol. The van der Waals surface area contributed by atoms with Crippen molar-refractivity contribution in [2.24, 2.45) is 0 Å². The maximum atomic E-state index is 11.5. The number of aromatic carboxylic acids is 1. The number of halogens is 1. The molecule has 0 unspecified atom stereocenters. The quantitative estimate of drug-likeness (QED) is 0.120. The second-order valence-electron chi connectivity index (χ2n) is 11.7. The van der Waals surface area contributed by atoms with Crippen molar-refractivity contribution in [1.82, 2.24) is 55.3 Å². The van der Waals surface area contributed by atoms with E-state index in [2.05, 4.69) is 76.0 Å². The molecule has 6 heterocycles. The largest absolute Gasteiger partial charge is 1.00 e. The number of nitrogens with one attached hydrogen (secondary N) is 3. The van der Waals surface area contributed by atoms with Crippen LogP contribution in [0.25, 0.3) is 11.4 Å². The molecule has 0 radical (unpaired) electrons. The number of aromatic amines is 1. The van der Waals surface area contributed by atoms with Crippen LogP contribution in [-0.4, -0.2) is 113 Å². The Bertz CT molecular complexity index is 1990. The molecule has 20 heteroatoms. The molecular weight excluding hydrogens is 837 g/mol. The molecule has 310 valence electrons. The monoisotopic (exact) mass is 885 g/mol. The molecule has 0 aliphatic heterocycles. The molecule has 59 heavy (non-hydrogen) atoms. The fourth-order valence-corrected chi connectivity index (χ4v) is 5.53. The van der Waals surface area contributed by atoms with Crippen LogP contribution in [0.1, 0.15) is 70.6 Å². The number of hydrogen-bond acceptors (Lipinski definition) is 14. The number of pyridine rings is 3. The molecule has 0 aromatic carbocycles. The SMILES string of the molecule is CCOC(=O)c1cncc(-n2cccn2)c1.CCOC(=O)c1cncc(Br)c1.CN[C@@H]1CCCC[C@H]1NC.O=C(O)c1cncc(-n2cccn2)c1.[Na+].[OH-].c1cn[nH]c1. The van der Waals surface area contributed by atoms with Gasteiger partial charge in [-0.3, -0.25) is 20.1 Å². The summed E-state index contributed by atoms with van der Waals surface area (Å²) in [6.07, 6.45) is 24.8. The van der Waals surface area contributed by atoms with Gasteiger partial charge in [-0.1, -0.05) is 12.8 Å². The van der Waals surface area contributed by atoms with Gasteiger partial charge in [-0.05, 0) is 93.1 Å². The fraction of sp³-hybridized carbons (Fsp3) is 0.308. The zero-order chi connectivity index (χ0) is 41.3. The average molecular weight is 887 g/mol. The Kier molecular flexibility index (Phi) is 26.4. The molecule has 7 rings (SSSR count). The Balaban J connectivity index is 0.000000378. The van der Waals surface area contributed by atoms with E-state index in [-0.39, 0.29) is 52.5 Å². The molecule has 6 aromatic rings. The van der Waals surface area contributed by atoms with Crippen molar-refractivity contribution in [2.45, 2.75) is 51.6 Å². The molecule has 18 nitrogen and oxygen atoms in total. The molecule has 0 spiro atoms. The van der Waals surface area contributed by atoms with Crippen LogP contribution in [0.3, 0.4) is 0 Å². The van der Waals surface area contributed by atoms with E-state index in [4.69, 9.17) is 14.6 Å². The molecule has 0 bridgehead atoms. The van der Waals surface area contributed by atoms with E-state index >= 15 is 0 Å². The van der Waals surface area contributed by atoms with Gasteiger partial charge in [-0.2, -0.15) is 15.3 Å². The first kappa shape index (κ1) is 51.9. The summed E-state index contributed by atoms with van der Waals surface area (Å²) in [5, 5.41) is 29.7. The number of carbonyl (C=O) groups excluding carboxylic acids is 2. The van der Waals surface area contributed by atoms with Crippen molar-refractivity contribution in [1.29, 1.82) is 0 Å². The van der Waals surface area contributed by atoms with Crippen LogP contribution in [0.2, 0.25) is 0 Å². The second-order valence-corrected chi connectivity index (χ2v) is 12.7. The van der Waals surface area contributed by atoms with Gasteiger partial charge >= 0.3 is 47.5 Å². The van der Waals surface area contributed by atoms with Crippen molar-refractivity contribution in [3.8, 4) is 11.4 Å². The van der Waals surface area contributed by atoms with Crippen LogP contribution < -0.4 is 40.2 Å². The van der Waals surface area contributed by atoms with Crippen molar-refractivity contribution in [2.75, 3.05) is 27.3 Å². The molecule has 1 saturated carbocycles. The molecule has 6 aromatic heterocycles. The third-order valence-electron chi connectivity index (χ3n) is 7.87. The summed E-state index contributed by atoms with van der Waals surface area (Å²) in [6, 6.07) is 11.7. The number of esters is 2. The Labute approximate surface area is 373 Å². The number of likely N-dealkylation sites (N-methyl/N-ethyl adjacent to an activating group) is 2. The topological polar surface area (TPSA) is 247 Å². The Morgan fingerprint density at radius 3 is 1.59 bits per heavy atom. The first-order valence-corrected chi connectivity index (χ1v) is 18.9. The number of carboxylic acids is 1. The van der Waals surface area contributed by atoms with Crippen LogP contribution in [-0.2, 0) is 9.47 Å². The fourth-order valence-electron chi connectivity index (χ4n) is 5.17. The van der Waals surface area contributed by atoms with Gasteiger partial charge in [-0.15, -0.1) is 0 Å².